The van der Waals surface area contributed by atoms with Crippen molar-refractivity contribution in [1.82, 2.24) is 0 Å². The van der Waals surface area contributed by atoms with Crippen LogP contribution in [-0.2, 0) is 9.59 Å². The van der Waals surface area contributed by atoms with E-state index < -0.39 is 4.92 Å². The summed E-state index contributed by atoms with van der Waals surface area (Å²) >= 11 is 0. The number of imide groups is 1. The van der Waals surface area contributed by atoms with Crippen LogP contribution < -0.4 is 4.90 Å². The smallest absolute Gasteiger partial charge is 0.274 e. The van der Waals surface area contributed by atoms with Crippen LogP contribution >= 0.6 is 0 Å². The van der Waals surface area contributed by atoms with Gasteiger partial charge in [-0.25, -0.2) is 4.90 Å². The summed E-state index contributed by atoms with van der Waals surface area (Å²) in [7, 11) is 0. The van der Waals surface area contributed by atoms with Crippen molar-refractivity contribution in [2.45, 2.75) is 19.8 Å². The van der Waals surface area contributed by atoms with Crippen LogP contribution in [0.4, 0.5) is 11.4 Å². The molecule has 3 aliphatic carbocycles. The van der Waals surface area contributed by atoms with Gasteiger partial charge in [-0.05, 0) is 43.1 Å². The van der Waals surface area contributed by atoms with Gasteiger partial charge in [0.15, 0.2) is 0 Å². The Morgan fingerprint density at radius 2 is 1.71 bits per heavy atom. The number of hydrogen-bond donors (Lipinski definition) is 0. The monoisotopic (exact) mass is 324 g/mol. The molecular weight excluding hydrogens is 308 g/mol. The van der Waals surface area contributed by atoms with E-state index in [1.54, 1.807) is 19.1 Å². The Hall–Kier alpha value is -2.50. The fourth-order valence-electron chi connectivity index (χ4n) is 5.27. The van der Waals surface area contributed by atoms with E-state index in [0.717, 1.165) is 12.8 Å². The van der Waals surface area contributed by atoms with Crippen molar-refractivity contribution in [3.63, 3.8) is 0 Å². The number of amides is 2. The van der Waals surface area contributed by atoms with Crippen molar-refractivity contribution < 1.29 is 14.5 Å². The molecule has 0 radical (unpaired) electrons. The summed E-state index contributed by atoms with van der Waals surface area (Å²) in [5.41, 5.74) is 0.930. The number of benzene rings is 1. The average molecular weight is 324 g/mol. The van der Waals surface area contributed by atoms with Crippen molar-refractivity contribution >= 4 is 23.2 Å². The summed E-state index contributed by atoms with van der Waals surface area (Å²) in [4.78, 5) is 37.8. The maximum atomic E-state index is 13.0. The fourth-order valence-corrected chi connectivity index (χ4v) is 5.27. The molecule has 5 rings (SSSR count). The molecule has 4 atom stereocenters. The van der Waals surface area contributed by atoms with Gasteiger partial charge in [0, 0.05) is 11.6 Å². The minimum absolute atomic E-state index is 0.0649. The zero-order valence-electron chi connectivity index (χ0n) is 13.1. The molecule has 122 valence electrons. The summed E-state index contributed by atoms with van der Waals surface area (Å²) in [6.45, 7) is 1.64. The predicted octanol–water partition coefficient (Wildman–Crippen LogP) is 2.60. The van der Waals surface area contributed by atoms with Gasteiger partial charge in [-0.3, -0.25) is 19.7 Å². The molecule has 0 aromatic heterocycles. The third-order valence-corrected chi connectivity index (χ3v) is 6.50. The van der Waals surface area contributed by atoms with Gasteiger partial charge in [0.25, 0.3) is 5.69 Å². The number of carbonyl (C=O) groups is 2. The number of anilines is 1. The largest absolute Gasteiger partial charge is 0.274 e. The molecular formula is C18H16N2O4. The van der Waals surface area contributed by atoms with Crippen molar-refractivity contribution in [3.05, 3.63) is 46.0 Å². The molecule has 3 fully saturated rings. The molecule has 2 saturated carbocycles. The van der Waals surface area contributed by atoms with E-state index >= 15 is 0 Å². The first-order chi connectivity index (χ1) is 11.5. The Bertz CT molecular complexity index is 821. The lowest BCUT2D eigenvalue weighted by atomic mass is 9.85. The van der Waals surface area contributed by atoms with Crippen molar-refractivity contribution in [3.8, 4) is 0 Å². The lowest BCUT2D eigenvalue weighted by Gasteiger charge is -2.21. The summed E-state index contributed by atoms with van der Waals surface area (Å²) in [5.74, 6) is -0.618. The molecule has 2 bridgehead atoms. The minimum atomic E-state index is -0.477. The van der Waals surface area contributed by atoms with E-state index in [9.17, 15) is 19.7 Å². The van der Waals surface area contributed by atoms with E-state index in [1.807, 2.05) is 0 Å². The maximum absolute atomic E-state index is 13.0. The average Bonchev–Trinajstić information content (AvgIpc) is 3.14. The second-order valence-electron chi connectivity index (χ2n) is 7.46. The highest BCUT2D eigenvalue weighted by Gasteiger charge is 2.73. The highest BCUT2D eigenvalue weighted by molar-refractivity contribution is 6.23. The fraction of sp³-hybridized carbons (Fsp3) is 0.444. The van der Waals surface area contributed by atoms with Gasteiger partial charge in [0.05, 0.1) is 22.4 Å². The second-order valence-corrected chi connectivity index (χ2v) is 7.46. The quantitative estimate of drug-likeness (QED) is 0.362. The zero-order valence-corrected chi connectivity index (χ0v) is 13.1. The van der Waals surface area contributed by atoms with Crippen LogP contribution in [-0.4, -0.2) is 16.7 Å². The Labute approximate surface area is 138 Å². The lowest BCUT2D eigenvalue weighted by molar-refractivity contribution is -0.385. The Morgan fingerprint density at radius 3 is 2.21 bits per heavy atom. The molecule has 1 aliphatic heterocycles. The molecule has 1 heterocycles. The first-order valence-electron chi connectivity index (χ1n) is 8.27. The van der Waals surface area contributed by atoms with Crippen LogP contribution in [0.25, 0.3) is 0 Å². The normalized spacial score (nSPS) is 34.3. The number of nitro groups is 1. The minimum Gasteiger partial charge on any atom is -0.274 e. The molecule has 1 aromatic rings. The summed E-state index contributed by atoms with van der Waals surface area (Å²) in [6.07, 6.45) is 6.42. The SMILES string of the molecule is Cc1ccc(N2C(=O)C3C(C2=O)C2C=CC3C23CC3)cc1[N+](=O)[O-]. The first kappa shape index (κ1) is 13.9. The molecule has 2 amide bonds. The molecule has 1 aromatic carbocycles. The number of rotatable bonds is 2. The van der Waals surface area contributed by atoms with Crippen LogP contribution in [0.2, 0.25) is 0 Å². The van der Waals surface area contributed by atoms with E-state index in [4.69, 9.17) is 0 Å². The number of carbonyl (C=O) groups excluding carboxylic acids is 2. The predicted molar refractivity (Wildman–Crippen MR) is 85.1 cm³/mol. The number of fused-ring (bicyclic) bond motifs is 3. The van der Waals surface area contributed by atoms with Crippen LogP contribution in [0.15, 0.2) is 30.4 Å². The number of nitro benzene ring substituents is 1. The maximum Gasteiger partial charge on any atom is 0.274 e. The van der Waals surface area contributed by atoms with Crippen molar-refractivity contribution in [2.75, 3.05) is 4.90 Å². The van der Waals surface area contributed by atoms with Gasteiger partial charge in [-0.2, -0.15) is 0 Å². The van der Waals surface area contributed by atoms with Gasteiger partial charge in [0.2, 0.25) is 11.8 Å². The molecule has 4 aliphatic rings. The number of allylic oxidation sites excluding steroid dienone is 2. The summed E-state index contributed by atoms with van der Waals surface area (Å²) < 4.78 is 0. The summed E-state index contributed by atoms with van der Waals surface area (Å²) in [6, 6.07) is 4.56. The van der Waals surface area contributed by atoms with E-state index in [0.29, 0.717) is 11.3 Å². The highest BCUT2D eigenvalue weighted by atomic mass is 16.6. The van der Waals surface area contributed by atoms with Crippen LogP contribution in [0.3, 0.4) is 0 Å². The third-order valence-electron chi connectivity index (χ3n) is 6.50. The van der Waals surface area contributed by atoms with Crippen LogP contribution in [0, 0.1) is 46.1 Å². The molecule has 0 N–H and O–H groups in total. The van der Waals surface area contributed by atoms with Gasteiger partial charge >= 0.3 is 0 Å². The van der Waals surface area contributed by atoms with Gasteiger partial charge < -0.3 is 0 Å². The number of nitrogens with zero attached hydrogens (tertiary/aromatic N) is 2. The topological polar surface area (TPSA) is 80.5 Å². The molecule has 1 saturated heterocycles. The Morgan fingerprint density at radius 1 is 1.12 bits per heavy atom. The van der Waals surface area contributed by atoms with Crippen LogP contribution in [0.1, 0.15) is 18.4 Å². The Kier molecular flexibility index (Phi) is 2.39. The second kappa shape index (κ2) is 4.12. The standard InChI is InChI=1S/C18H16N2O4/c1-9-2-3-10(8-13(9)20(23)24)19-16(21)14-11-4-5-12(15(14)17(19)22)18(11)6-7-18/h2-5,8,11-12,14-15H,6-7H2,1H3. The first-order valence-corrected chi connectivity index (χ1v) is 8.27. The number of hydrogen-bond acceptors (Lipinski definition) is 4. The molecule has 6 nitrogen and oxygen atoms in total. The highest BCUT2D eigenvalue weighted by Crippen LogP contribution is 2.73. The van der Waals surface area contributed by atoms with Crippen molar-refractivity contribution in [1.29, 1.82) is 0 Å². The van der Waals surface area contributed by atoms with E-state index in [2.05, 4.69) is 12.2 Å². The molecule has 24 heavy (non-hydrogen) atoms. The Balaban J connectivity index is 1.56. The lowest BCUT2D eigenvalue weighted by Crippen LogP contribution is -2.34. The van der Waals surface area contributed by atoms with E-state index in [-0.39, 0.29) is 46.6 Å². The van der Waals surface area contributed by atoms with E-state index in [1.165, 1.54) is 11.0 Å². The summed E-state index contributed by atoms with van der Waals surface area (Å²) in [5, 5.41) is 11.2. The number of aryl methyl sites for hydroxylation is 1. The van der Waals surface area contributed by atoms with Gasteiger partial charge in [-0.1, -0.05) is 18.2 Å². The third kappa shape index (κ3) is 1.42. The molecule has 6 heteroatoms. The molecule has 1 spiro atoms. The van der Waals surface area contributed by atoms with Gasteiger partial charge in [0.1, 0.15) is 0 Å². The molecule has 4 unspecified atom stereocenters. The van der Waals surface area contributed by atoms with Gasteiger partial charge in [-0.15, -0.1) is 0 Å². The van der Waals surface area contributed by atoms with Crippen molar-refractivity contribution in [2.24, 2.45) is 29.1 Å². The van der Waals surface area contributed by atoms with Crippen LogP contribution in [0.5, 0.6) is 0 Å². The zero-order chi connectivity index (χ0) is 16.8.